The molecule has 1 amide bonds. The summed E-state index contributed by atoms with van der Waals surface area (Å²) in [6.45, 7) is 0.357. The number of rotatable bonds is 3. The third-order valence-electron chi connectivity index (χ3n) is 3.33. The summed E-state index contributed by atoms with van der Waals surface area (Å²) in [6, 6.07) is 13.9. The predicted octanol–water partition coefficient (Wildman–Crippen LogP) is 3.52. The second-order valence-corrected chi connectivity index (χ2v) is 5.31. The van der Waals surface area contributed by atoms with Crippen molar-refractivity contribution in [2.75, 3.05) is 0 Å². The van der Waals surface area contributed by atoms with Crippen LogP contribution in [0.4, 0.5) is 0 Å². The maximum Gasteiger partial charge on any atom is 0.255 e. The largest absolute Gasteiger partial charge is 0.507 e. The molecular formula is C17H13ClN2O2. The molecule has 0 aliphatic carbocycles. The van der Waals surface area contributed by atoms with Crippen molar-refractivity contribution in [1.82, 2.24) is 10.3 Å². The minimum atomic E-state index is -0.347. The lowest BCUT2D eigenvalue weighted by atomic mass is 10.1. The number of carbonyl (C=O) groups excluding carboxylic acids is 1. The van der Waals surface area contributed by atoms with E-state index in [2.05, 4.69) is 10.3 Å². The molecule has 1 aromatic heterocycles. The van der Waals surface area contributed by atoms with E-state index in [1.807, 2.05) is 18.2 Å². The fraction of sp³-hybridized carbons (Fsp3) is 0.0588. The lowest BCUT2D eigenvalue weighted by Gasteiger charge is -2.08. The van der Waals surface area contributed by atoms with Crippen LogP contribution in [-0.2, 0) is 6.54 Å². The average molecular weight is 313 g/mol. The number of carbonyl (C=O) groups is 1. The number of phenols is 1. The number of aromatic hydroxyl groups is 1. The highest BCUT2D eigenvalue weighted by atomic mass is 35.5. The molecule has 0 aliphatic rings. The fourth-order valence-corrected chi connectivity index (χ4v) is 2.30. The van der Waals surface area contributed by atoms with Gasteiger partial charge in [-0.1, -0.05) is 29.8 Å². The second-order valence-electron chi connectivity index (χ2n) is 4.87. The molecule has 0 bridgehead atoms. The van der Waals surface area contributed by atoms with E-state index >= 15 is 0 Å². The van der Waals surface area contributed by atoms with Gasteiger partial charge in [-0.05, 0) is 35.9 Å². The van der Waals surface area contributed by atoms with Crippen LogP contribution in [0.5, 0.6) is 5.75 Å². The number of halogens is 1. The average Bonchev–Trinajstić information content (AvgIpc) is 2.53. The van der Waals surface area contributed by atoms with Crippen LogP contribution in [0.15, 0.2) is 54.7 Å². The van der Waals surface area contributed by atoms with Crippen LogP contribution in [0.25, 0.3) is 10.9 Å². The number of amides is 1. The number of phenolic OH excluding ortho intramolecular Hbond substituents is 1. The smallest absolute Gasteiger partial charge is 0.255 e. The molecule has 0 fully saturated rings. The van der Waals surface area contributed by atoms with E-state index in [9.17, 15) is 9.90 Å². The molecule has 1 heterocycles. The Balaban J connectivity index is 1.79. The summed E-state index contributed by atoms with van der Waals surface area (Å²) in [6.07, 6.45) is 1.65. The molecule has 0 spiro atoms. The number of hydrogen-bond donors (Lipinski definition) is 2. The Bertz CT molecular complexity index is 832. The van der Waals surface area contributed by atoms with Crippen molar-refractivity contribution in [2.45, 2.75) is 6.54 Å². The molecule has 2 aromatic carbocycles. The van der Waals surface area contributed by atoms with Gasteiger partial charge in [0.05, 0.1) is 11.1 Å². The molecule has 0 aliphatic heterocycles. The minimum Gasteiger partial charge on any atom is -0.507 e. The van der Waals surface area contributed by atoms with E-state index in [-0.39, 0.29) is 17.2 Å². The number of fused-ring (bicyclic) bond motifs is 1. The fourth-order valence-electron chi connectivity index (χ4n) is 2.17. The molecule has 0 radical (unpaired) electrons. The molecule has 3 aromatic rings. The SMILES string of the molecule is O=C(NCc1ccc(Cl)cc1)c1cc2ncccc2cc1O. The van der Waals surface area contributed by atoms with Gasteiger partial charge in [0.25, 0.3) is 5.91 Å². The standard InChI is InChI=1S/C17H13ClN2O2/c18-13-5-3-11(4-6-13)10-20-17(22)14-9-15-12(8-16(14)21)2-1-7-19-15/h1-9,21H,10H2,(H,20,22). The molecule has 4 nitrogen and oxygen atoms in total. The molecule has 0 unspecified atom stereocenters. The van der Waals surface area contributed by atoms with Crippen LogP contribution >= 0.6 is 11.6 Å². The number of aromatic nitrogens is 1. The van der Waals surface area contributed by atoms with Crippen LogP contribution < -0.4 is 5.32 Å². The summed E-state index contributed by atoms with van der Waals surface area (Å²) in [4.78, 5) is 16.4. The van der Waals surface area contributed by atoms with Gasteiger partial charge in [0, 0.05) is 23.2 Å². The van der Waals surface area contributed by atoms with Crippen LogP contribution in [0.2, 0.25) is 5.02 Å². The third kappa shape index (κ3) is 3.02. The van der Waals surface area contributed by atoms with Gasteiger partial charge in [-0.2, -0.15) is 0 Å². The number of benzene rings is 2. The van der Waals surface area contributed by atoms with Gasteiger partial charge in [0.1, 0.15) is 5.75 Å². The summed E-state index contributed by atoms with van der Waals surface area (Å²) < 4.78 is 0. The summed E-state index contributed by atoms with van der Waals surface area (Å²) >= 11 is 5.82. The molecule has 110 valence electrons. The first-order chi connectivity index (χ1) is 10.6. The molecule has 22 heavy (non-hydrogen) atoms. The number of hydrogen-bond acceptors (Lipinski definition) is 3. The van der Waals surface area contributed by atoms with Crippen molar-refractivity contribution in [2.24, 2.45) is 0 Å². The van der Waals surface area contributed by atoms with Gasteiger partial charge in [-0.3, -0.25) is 9.78 Å². The van der Waals surface area contributed by atoms with E-state index in [0.29, 0.717) is 17.1 Å². The van der Waals surface area contributed by atoms with Gasteiger partial charge in [0.15, 0.2) is 0 Å². The zero-order chi connectivity index (χ0) is 15.5. The first-order valence-corrected chi connectivity index (χ1v) is 7.11. The monoisotopic (exact) mass is 312 g/mol. The Labute approximate surface area is 132 Å². The molecule has 2 N–H and O–H groups in total. The highest BCUT2D eigenvalue weighted by molar-refractivity contribution is 6.30. The van der Waals surface area contributed by atoms with Crippen molar-refractivity contribution in [3.8, 4) is 5.75 Å². The Morgan fingerprint density at radius 2 is 1.95 bits per heavy atom. The van der Waals surface area contributed by atoms with E-state index in [1.54, 1.807) is 36.5 Å². The molecule has 3 rings (SSSR count). The van der Waals surface area contributed by atoms with Gasteiger partial charge >= 0.3 is 0 Å². The zero-order valence-electron chi connectivity index (χ0n) is 11.6. The Kier molecular flexibility index (Phi) is 3.94. The van der Waals surface area contributed by atoms with Crippen molar-refractivity contribution in [3.63, 3.8) is 0 Å². The van der Waals surface area contributed by atoms with Crippen molar-refractivity contribution >= 4 is 28.4 Å². The first-order valence-electron chi connectivity index (χ1n) is 6.74. The number of nitrogens with zero attached hydrogens (tertiary/aromatic N) is 1. The highest BCUT2D eigenvalue weighted by Gasteiger charge is 2.12. The number of nitrogens with one attached hydrogen (secondary N) is 1. The summed E-state index contributed by atoms with van der Waals surface area (Å²) in [5, 5.41) is 14.2. The lowest BCUT2D eigenvalue weighted by molar-refractivity contribution is 0.0948. The predicted molar refractivity (Wildman–Crippen MR) is 86.0 cm³/mol. The quantitative estimate of drug-likeness (QED) is 0.778. The van der Waals surface area contributed by atoms with Crippen LogP contribution in [0.1, 0.15) is 15.9 Å². The minimum absolute atomic E-state index is 0.0610. The van der Waals surface area contributed by atoms with E-state index < -0.39 is 0 Å². The Hall–Kier alpha value is -2.59. The number of pyridine rings is 1. The summed E-state index contributed by atoms with van der Waals surface area (Å²) in [5.41, 5.74) is 1.80. The first kappa shape index (κ1) is 14.4. The van der Waals surface area contributed by atoms with Crippen LogP contribution in [0.3, 0.4) is 0 Å². The van der Waals surface area contributed by atoms with Gasteiger partial charge in [-0.25, -0.2) is 0 Å². The van der Waals surface area contributed by atoms with Gasteiger partial charge in [-0.15, -0.1) is 0 Å². The maximum atomic E-state index is 12.2. The highest BCUT2D eigenvalue weighted by Crippen LogP contribution is 2.23. The summed E-state index contributed by atoms with van der Waals surface area (Å²) in [5.74, 6) is -0.408. The lowest BCUT2D eigenvalue weighted by Crippen LogP contribution is -2.22. The normalized spacial score (nSPS) is 10.6. The summed E-state index contributed by atoms with van der Waals surface area (Å²) in [7, 11) is 0. The Morgan fingerprint density at radius 3 is 2.73 bits per heavy atom. The molecule has 0 saturated heterocycles. The topological polar surface area (TPSA) is 62.2 Å². The van der Waals surface area contributed by atoms with Gasteiger partial charge in [0.2, 0.25) is 0 Å². The van der Waals surface area contributed by atoms with Crippen molar-refractivity contribution in [3.05, 3.63) is 70.9 Å². The molecule has 5 heteroatoms. The van der Waals surface area contributed by atoms with Crippen LogP contribution in [0, 0.1) is 0 Å². The molecule has 0 saturated carbocycles. The molecule has 0 atom stereocenters. The zero-order valence-corrected chi connectivity index (χ0v) is 12.3. The maximum absolute atomic E-state index is 12.2. The van der Waals surface area contributed by atoms with E-state index in [4.69, 9.17) is 11.6 Å². The van der Waals surface area contributed by atoms with Crippen LogP contribution in [-0.4, -0.2) is 16.0 Å². The molecular weight excluding hydrogens is 300 g/mol. The third-order valence-corrected chi connectivity index (χ3v) is 3.58. The van der Waals surface area contributed by atoms with Crippen molar-refractivity contribution < 1.29 is 9.90 Å². The second kappa shape index (κ2) is 6.03. The van der Waals surface area contributed by atoms with E-state index in [0.717, 1.165) is 10.9 Å². The van der Waals surface area contributed by atoms with Crippen molar-refractivity contribution in [1.29, 1.82) is 0 Å². The Morgan fingerprint density at radius 1 is 1.18 bits per heavy atom. The van der Waals surface area contributed by atoms with Gasteiger partial charge < -0.3 is 10.4 Å². The van der Waals surface area contributed by atoms with E-state index in [1.165, 1.54) is 0 Å².